The Morgan fingerprint density at radius 2 is 1.03 bits per heavy atom. The van der Waals surface area contributed by atoms with Crippen molar-refractivity contribution >= 4 is 17.5 Å². The Kier molecular flexibility index (Phi) is 15.0. The molecule has 0 aromatic carbocycles. The first-order valence-corrected chi connectivity index (χ1v) is 8.98. The monoisotopic (exact) mass is 440 g/mol. The minimum absolute atomic E-state index is 0.0101. The van der Waals surface area contributed by atoms with Crippen molar-refractivity contribution in [1.29, 1.82) is 0 Å². The lowest BCUT2D eigenvalue weighted by atomic mass is 10.0. The summed E-state index contributed by atoms with van der Waals surface area (Å²) < 4.78 is 16.4. The number of hydrogen-bond acceptors (Lipinski definition) is 12. The van der Waals surface area contributed by atoms with E-state index in [4.69, 9.17) is 47.0 Å². The van der Waals surface area contributed by atoms with Crippen LogP contribution in [0.1, 0.15) is 19.3 Å². The third-order valence-electron chi connectivity index (χ3n) is 3.88. The van der Waals surface area contributed by atoms with E-state index in [9.17, 15) is 15.3 Å². The lowest BCUT2D eigenvalue weighted by Crippen LogP contribution is -2.51. The Labute approximate surface area is 173 Å². The topological polar surface area (TPSA) is 264 Å². The predicted molar refractivity (Wildman–Crippen MR) is 103 cm³/mol. The van der Waals surface area contributed by atoms with E-state index in [0.717, 1.165) is 0 Å². The van der Waals surface area contributed by atoms with Gasteiger partial charge in [0.05, 0.1) is 33.0 Å². The van der Waals surface area contributed by atoms with Gasteiger partial charge in [0.15, 0.2) is 0 Å². The molecule has 0 aromatic heterocycles. The largest absolute Gasteiger partial charge is 0.409 e. The highest BCUT2D eigenvalue weighted by atomic mass is 16.6. The van der Waals surface area contributed by atoms with Gasteiger partial charge in [-0.25, -0.2) is 0 Å². The molecule has 0 rings (SSSR count). The Morgan fingerprint density at radius 3 is 1.40 bits per heavy atom. The summed E-state index contributed by atoms with van der Waals surface area (Å²) in [6.07, 6.45) is -4.83. The molecule has 15 nitrogen and oxygen atoms in total. The minimum Gasteiger partial charge on any atom is -0.409 e. The van der Waals surface area contributed by atoms with Gasteiger partial charge in [0.1, 0.15) is 41.9 Å². The molecule has 0 radical (unpaired) electrons. The second-order valence-corrected chi connectivity index (χ2v) is 6.03. The van der Waals surface area contributed by atoms with E-state index in [-0.39, 0.29) is 56.6 Å². The average Bonchev–Trinajstić information content (AvgIpc) is 2.76. The number of aliphatic hydroxyl groups is 3. The van der Waals surface area contributed by atoms with Crippen LogP contribution in [0.2, 0.25) is 0 Å². The van der Waals surface area contributed by atoms with E-state index in [2.05, 4.69) is 15.5 Å². The van der Waals surface area contributed by atoms with E-state index >= 15 is 0 Å². The molecule has 0 saturated carbocycles. The first-order chi connectivity index (χ1) is 14.3. The molecule has 0 saturated heterocycles. The van der Waals surface area contributed by atoms with Crippen LogP contribution >= 0.6 is 0 Å². The van der Waals surface area contributed by atoms with Gasteiger partial charge in [0, 0.05) is 19.3 Å². The van der Waals surface area contributed by atoms with Crippen molar-refractivity contribution in [2.75, 3.05) is 33.0 Å². The molecule has 15 heteroatoms. The summed E-state index contributed by atoms with van der Waals surface area (Å²) in [6, 6.07) is 0. The van der Waals surface area contributed by atoms with Gasteiger partial charge in [0.2, 0.25) is 0 Å². The summed E-state index contributed by atoms with van der Waals surface area (Å²) in [7, 11) is 0. The van der Waals surface area contributed by atoms with Crippen LogP contribution in [0.25, 0.3) is 0 Å². The van der Waals surface area contributed by atoms with Gasteiger partial charge >= 0.3 is 0 Å². The molecule has 30 heavy (non-hydrogen) atoms. The number of hydrogen-bond donors (Lipinski definition) is 9. The molecule has 0 aromatic rings. The molecule has 176 valence electrons. The fourth-order valence-electron chi connectivity index (χ4n) is 2.23. The van der Waals surface area contributed by atoms with E-state index in [1.807, 2.05) is 0 Å². The standard InChI is InChI=1S/C15H32N6O9/c16-11(19-25)1-4-28-9(7-22)14(24)15(30-6-3-13(18)21-27)10(8-23)29-5-2-12(17)20-26/h9-10,14-15,22-27H,1-8H2,(H2,16,19)(H2,17,20)(H2,18,21). The molecule has 0 bridgehead atoms. The molecular weight excluding hydrogens is 408 g/mol. The summed E-state index contributed by atoms with van der Waals surface area (Å²) >= 11 is 0. The SMILES string of the molecule is NC(CCOC(CO)C(O)C(OCCC(N)=NO)C(CO)OCCC(N)=NO)=NO. The van der Waals surface area contributed by atoms with Crippen molar-refractivity contribution in [2.45, 2.75) is 43.7 Å². The highest BCUT2D eigenvalue weighted by Gasteiger charge is 2.35. The molecule has 0 aliphatic heterocycles. The number of aliphatic hydroxyl groups excluding tert-OH is 3. The number of nitrogens with two attached hydrogens (primary N) is 3. The summed E-state index contributed by atoms with van der Waals surface area (Å²) in [5.74, 6) is -0.325. The smallest absolute Gasteiger partial charge is 0.141 e. The molecule has 0 fully saturated rings. The van der Waals surface area contributed by atoms with Gasteiger partial charge in [-0.1, -0.05) is 15.5 Å². The Balaban J connectivity index is 5.18. The van der Waals surface area contributed by atoms with Crippen molar-refractivity contribution in [2.24, 2.45) is 32.7 Å². The number of rotatable bonds is 17. The maximum absolute atomic E-state index is 10.7. The van der Waals surface area contributed by atoms with Crippen LogP contribution in [-0.2, 0) is 14.2 Å². The van der Waals surface area contributed by atoms with Crippen LogP contribution in [0.15, 0.2) is 15.5 Å². The second kappa shape index (κ2) is 16.4. The fraction of sp³-hybridized carbons (Fsp3) is 0.800. The van der Waals surface area contributed by atoms with E-state index < -0.39 is 37.6 Å². The number of nitrogens with zero attached hydrogens (tertiary/aromatic N) is 3. The quantitative estimate of drug-likeness (QED) is 0.0471. The lowest BCUT2D eigenvalue weighted by Gasteiger charge is -2.33. The Bertz CT molecular complexity index is 549. The van der Waals surface area contributed by atoms with Crippen molar-refractivity contribution < 1.29 is 45.2 Å². The van der Waals surface area contributed by atoms with Crippen LogP contribution in [-0.4, -0.2) is 106 Å². The van der Waals surface area contributed by atoms with Crippen molar-refractivity contribution in [3.8, 4) is 0 Å². The van der Waals surface area contributed by atoms with E-state index in [0.29, 0.717) is 0 Å². The summed E-state index contributed by atoms with van der Waals surface area (Å²) in [4.78, 5) is 0. The number of oxime groups is 3. The zero-order valence-corrected chi connectivity index (χ0v) is 16.4. The lowest BCUT2D eigenvalue weighted by molar-refractivity contribution is -0.172. The van der Waals surface area contributed by atoms with Gasteiger partial charge in [-0.2, -0.15) is 0 Å². The molecule has 0 heterocycles. The van der Waals surface area contributed by atoms with Crippen LogP contribution in [0.3, 0.4) is 0 Å². The molecule has 12 N–H and O–H groups in total. The van der Waals surface area contributed by atoms with Crippen LogP contribution < -0.4 is 17.2 Å². The number of amidine groups is 3. The second-order valence-electron chi connectivity index (χ2n) is 6.03. The van der Waals surface area contributed by atoms with Crippen molar-refractivity contribution in [1.82, 2.24) is 0 Å². The Morgan fingerprint density at radius 1 is 0.667 bits per heavy atom. The maximum Gasteiger partial charge on any atom is 0.141 e. The zero-order chi connectivity index (χ0) is 22.9. The third kappa shape index (κ3) is 10.9. The van der Waals surface area contributed by atoms with Gasteiger partial charge in [-0.15, -0.1) is 0 Å². The Hall–Kier alpha value is -2.43. The normalized spacial score (nSPS) is 17.5. The summed E-state index contributed by atoms with van der Waals surface area (Å²) in [6.45, 7) is -1.45. The molecule has 0 aliphatic carbocycles. The molecule has 0 aliphatic rings. The zero-order valence-electron chi connectivity index (χ0n) is 16.4. The highest BCUT2D eigenvalue weighted by molar-refractivity contribution is 5.80. The highest BCUT2D eigenvalue weighted by Crippen LogP contribution is 2.16. The molecule has 4 atom stereocenters. The van der Waals surface area contributed by atoms with Gasteiger partial charge in [-0.3, -0.25) is 0 Å². The molecular formula is C15H32N6O9. The minimum atomic E-state index is -1.48. The van der Waals surface area contributed by atoms with Gasteiger partial charge < -0.3 is 62.4 Å². The number of ether oxygens (including phenoxy) is 3. The first-order valence-electron chi connectivity index (χ1n) is 8.98. The molecule has 4 unspecified atom stereocenters. The van der Waals surface area contributed by atoms with E-state index in [1.54, 1.807) is 0 Å². The fourth-order valence-corrected chi connectivity index (χ4v) is 2.23. The van der Waals surface area contributed by atoms with Gasteiger partial charge in [-0.05, 0) is 0 Å². The van der Waals surface area contributed by atoms with Gasteiger partial charge in [0.25, 0.3) is 0 Å². The van der Waals surface area contributed by atoms with Crippen molar-refractivity contribution in [3.05, 3.63) is 0 Å². The van der Waals surface area contributed by atoms with Crippen LogP contribution in [0.4, 0.5) is 0 Å². The van der Waals surface area contributed by atoms with Crippen LogP contribution in [0, 0.1) is 0 Å². The molecule has 0 amide bonds. The maximum atomic E-state index is 10.7. The van der Waals surface area contributed by atoms with Crippen molar-refractivity contribution in [3.63, 3.8) is 0 Å². The predicted octanol–water partition coefficient (Wildman–Crippen LogP) is -3.10. The molecule has 0 spiro atoms. The average molecular weight is 440 g/mol. The summed E-state index contributed by atoms with van der Waals surface area (Å²) in [5, 5.41) is 64.0. The first kappa shape index (κ1) is 27.6. The van der Waals surface area contributed by atoms with E-state index in [1.165, 1.54) is 0 Å². The third-order valence-corrected chi connectivity index (χ3v) is 3.88. The van der Waals surface area contributed by atoms with Crippen LogP contribution in [0.5, 0.6) is 0 Å². The summed E-state index contributed by atoms with van der Waals surface area (Å²) in [5.41, 5.74) is 16.1.